The van der Waals surface area contributed by atoms with Crippen LogP contribution in [0.5, 0.6) is 0 Å². The number of aromatic nitrogens is 1. The maximum Gasteiger partial charge on any atom is 0.252 e. The Labute approximate surface area is 156 Å². The van der Waals surface area contributed by atoms with Crippen molar-refractivity contribution in [2.45, 2.75) is 39.2 Å². The van der Waals surface area contributed by atoms with Crippen molar-refractivity contribution in [2.75, 3.05) is 44.7 Å². The molecule has 0 saturated carbocycles. The average molecular weight is 361 g/mol. The number of likely N-dealkylation sites (tertiary alicyclic amines) is 1. The summed E-state index contributed by atoms with van der Waals surface area (Å²) < 4.78 is 5.37. The third-order valence-corrected chi connectivity index (χ3v) is 5.14. The standard InChI is InChI=1S/C20H32N4O2/c1-15(2)13-24-8-5-16(14-24)11-22-20(25)17-3-4-19(21-12-17)23-18-6-9-26-10-7-18/h3-4,12,15-16,18H,5-11,13-14H2,1-2H3,(H,21,23)(H,22,25). The van der Waals surface area contributed by atoms with Crippen LogP contribution in [0, 0.1) is 11.8 Å². The minimum absolute atomic E-state index is 0.0302. The van der Waals surface area contributed by atoms with Crippen molar-refractivity contribution >= 4 is 11.7 Å². The Balaban J connectivity index is 1.42. The lowest BCUT2D eigenvalue weighted by Crippen LogP contribution is -2.32. The number of nitrogens with zero attached hydrogens (tertiary/aromatic N) is 2. The fraction of sp³-hybridized carbons (Fsp3) is 0.700. The van der Waals surface area contributed by atoms with Crippen LogP contribution in [-0.2, 0) is 4.74 Å². The molecule has 2 saturated heterocycles. The summed E-state index contributed by atoms with van der Waals surface area (Å²) in [5, 5.41) is 6.49. The van der Waals surface area contributed by atoms with Crippen LogP contribution in [0.25, 0.3) is 0 Å². The zero-order chi connectivity index (χ0) is 18.4. The van der Waals surface area contributed by atoms with Gasteiger partial charge < -0.3 is 20.3 Å². The number of hydrogen-bond donors (Lipinski definition) is 2. The van der Waals surface area contributed by atoms with E-state index in [9.17, 15) is 4.79 Å². The zero-order valence-corrected chi connectivity index (χ0v) is 16.0. The molecule has 2 aliphatic heterocycles. The number of hydrogen-bond acceptors (Lipinski definition) is 5. The van der Waals surface area contributed by atoms with Crippen LogP contribution < -0.4 is 10.6 Å². The summed E-state index contributed by atoms with van der Waals surface area (Å²) in [4.78, 5) is 19.3. The van der Waals surface area contributed by atoms with E-state index in [1.54, 1.807) is 6.20 Å². The van der Waals surface area contributed by atoms with Crippen molar-refractivity contribution in [3.05, 3.63) is 23.9 Å². The SMILES string of the molecule is CC(C)CN1CCC(CNC(=O)c2ccc(NC3CCOCC3)nc2)C1. The number of amides is 1. The molecule has 3 rings (SSSR count). The van der Waals surface area contributed by atoms with Crippen LogP contribution >= 0.6 is 0 Å². The lowest BCUT2D eigenvalue weighted by molar-refractivity contribution is 0.0904. The summed E-state index contributed by atoms with van der Waals surface area (Å²) in [5.74, 6) is 2.05. The lowest BCUT2D eigenvalue weighted by atomic mass is 10.1. The fourth-order valence-electron chi connectivity index (χ4n) is 3.77. The van der Waals surface area contributed by atoms with E-state index in [4.69, 9.17) is 4.74 Å². The number of pyridine rings is 1. The molecule has 1 aromatic heterocycles. The van der Waals surface area contributed by atoms with Gasteiger partial charge in [0, 0.05) is 45.1 Å². The number of carbonyl (C=O) groups excluding carboxylic acids is 1. The molecule has 1 unspecified atom stereocenters. The van der Waals surface area contributed by atoms with Gasteiger partial charge in [-0.2, -0.15) is 0 Å². The molecule has 3 heterocycles. The minimum atomic E-state index is -0.0302. The molecule has 6 heteroatoms. The van der Waals surface area contributed by atoms with Crippen molar-refractivity contribution in [1.82, 2.24) is 15.2 Å². The van der Waals surface area contributed by atoms with E-state index in [0.717, 1.165) is 58.1 Å². The Morgan fingerprint density at radius 2 is 2.12 bits per heavy atom. The number of carbonyl (C=O) groups is 1. The Bertz CT molecular complexity index is 570. The van der Waals surface area contributed by atoms with Crippen LogP contribution in [-0.4, -0.2) is 61.2 Å². The van der Waals surface area contributed by atoms with Gasteiger partial charge in [0.1, 0.15) is 5.82 Å². The van der Waals surface area contributed by atoms with E-state index in [0.29, 0.717) is 23.4 Å². The number of nitrogens with one attached hydrogen (secondary N) is 2. The molecule has 2 aliphatic rings. The highest BCUT2D eigenvalue weighted by atomic mass is 16.5. The van der Waals surface area contributed by atoms with Crippen molar-refractivity contribution < 1.29 is 9.53 Å². The number of ether oxygens (including phenoxy) is 1. The van der Waals surface area contributed by atoms with Crippen LogP contribution in [0.2, 0.25) is 0 Å². The van der Waals surface area contributed by atoms with Gasteiger partial charge in [-0.25, -0.2) is 4.98 Å². The first-order valence-corrected chi connectivity index (χ1v) is 9.91. The Morgan fingerprint density at radius 1 is 1.31 bits per heavy atom. The highest BCUT2D eigenvalue weighted by molar-refractivity contribution is 5.94. The van der Waals surface area contributed by atoms with Gasteiger partial charge >= 0.3 is 0 Å². The van der Waals surface area contributed by atoms with E-state index >= 15 is 0 Å². The molecule has 2 fully saturated rings. The highest BCUT2D eigenvalue weighted by Gasteiger charge is 2.23. The maximum absolute atomic E-state index is 12.4. The van der Waals surface area contributed by atoms with Crippen molar-refractivity contribution in [1.29, 1.82) is 0 Å². The topological polar surface area (TPSA) is 66.5 Å². The quantitative estimate of drug-likeness (QED) is 0.781. The second-order valence-electron chi connectivity index (χ2n) is 7.98. The van der Waals surface area contributed by atoms with Crippen LogP contribution in [0.3, 0.4) is 0 Å². The molecular formula is C20H32N4O2. The fourth-order valence-corrected chi connectivity index (χ4v) is 3.77. The van der Waals surface area contributed by atoms with E-state index in [1.165, 1.54) is 6.42 Å². The normalized spacial score (nSPS) is 21.9. The summed E-state index contributed by atoms with van der Waals surface area (Å²) in [6.07, 6.45) is 4.83. The van der Waals surface area contributed by atoms with Crippen molar-refractivity contribution in [2.24, 2.45) is 11.8 Å². The third-order valence-electron chi connectivity index (χ3n) is 5.14. The monoisotopic (exact) mass is 360 g/mol. The van der Waals surface area contributed by atoms with E-state index < -0.39 is 0 Å². The number of rotatable bonds is 7. The van der Waals surface area contributed by atoms with E-state index in [1.807, 2.05) is 12.1 Å². The van der Waals surface area contributed by atoms with Crippen LogP contribution in [0.1, 0.15) is 43.5 Å². The molecule has 26 heavy (non-hydrogen) atoms. The summed E-state index contributed by atoms with van der Waals surface area (Å²) in [6.45, 7) is 10.2. The molecule has 1 atom stereocenters. The first-order chi connectivity index (χ1) is 12.6. The molecular weight excluding hydrogens is 328 g/mol. The largest absolute Gasteiger partial charge is 0.381 e. The molecule has 6 nitrogen and oxygen atoms in total. The molecule has 1 amide bonds. The van der Waals surface area contributed by atoms with Gasteiger partial charge in [-0.3, -0.25) is 4.79 Å². The predicted octanol–water partition coefficient (Wildman–Crippen LogP) is 2.38. The van der Waals surface area contributed by atoms with Gasteiger partial charge in [0.2, 0.25) is 0 Å². The summed E-state index contributed by atoms with van der Waals surface area (Å²) in [6, 6.07) is 4.15. The maximum atomic E-state index is 12.4. The lowest BCUT2D eigenvalue weighted by Gasteiger charge is -2.23. The molecule has 0 aliphatic carbocycles. The molecule has 0 aromatic carbocycles. The summed E-state index contributed by atoms with van der Waals surface area (Å²) in [7, 11) is 0. The smallest absolute Gasteiger partial charge is 0.252 e. The van der Waals surface area contributed by atoms with Crippen LogP contribution in [0.15, 0.2) is 18.3 Å². The van der Waals surface area contributed by atoms with E-state index in [-0.39, 0.29) is 5.91 Å². The van der Waals surface area contributed by atoms with Gasteiger partial charge in [-0.05, 0) is 49.8 Å². The predicted molar refractivity (Wildman–Crippen MR) is 103 cm³/mol. The Hall–Kier alpha value is -1.66. The Morgan fingerprint density at radius 3 is 2.81 bits per heavy atom. The molecule has 144 valence electrons. The zero-order valence-electron chi connectivity index (χ0n) is 16.0. The molecule has 0 spiro atoms. The average Bonchev–Trinajstić information content (AvgIpc) is 3.08. The van der Waals surface area contributed by atoms with Gasteiger partial charge in [-0.1, -0.05) is 13.8 Å². The highest BCUT2D eigenvalue weighted by Crippen LogP contribution is 2.17. The first kappa shape index (κ1) is 19.1. The van der Waals surface area contributed by atoms with Crippen molar-refractivity contribution in [3.63, 3.8) is 0 Å². The summed E-state index contributed by atoms with van der Waals surface area (Å²) >= 11 is 0. The molecule has 0 radical (unpaired) electrons. The molecule has 0 bridgehead atoms. The molecule has 1 aromatic rings. The number of anilines is 1. The second-order valence-corrected chi connectivity index (χ2v) is 7.98. The minimum Gasteiger partial charge on any atom is -0.381 e. The van der Waals surface area contributed by atoms with Crippen molar-refractivity contribution in [3.8, 4) is 0 Å². The van der Waals surface area contributed by atoms with Gasteiger partial charge in [0.25, 0.3) is 5.91 Å². The van der Waals surface area contributed by atoms with Gasteiger partial charge in [0.05, 0.1) is 5.56 Å². The molecule has 2 N–H and O–H groups in total. The summed E-state index contributed by atoms with van der Waals surface area (Å²) in [5.41, 5.74) is 0.625. The van der Waals surface area contributed by atoms with Crippen LogP contribution in [0.4, 0.5) is 5.82 Å². The Kier molecular flexibility index (Phi) is 6.86. The van der Waals surface area contributed by atoms with Gasteiger partial charge in [0.15, 0.2) is 0 Å². The van der Waals surface area contributed by atoms with Gasteiger partial charge in [-0.15, -0.1) is 0 Å². The third kappa shape index (κ3) is 5.68. The first-order valence-electron chi connectivity index (χ1n) is 9.91. The van der Waals surface area contributed by atoms with E-state index in [2.05, 4.69) is 34.4 Å². The second kappa shape index (κ2) is 9.33.